The van der Waals surface area contributed by atoms with E-state index in [4.69, 9.17) is 4.74 Å². The third-order valence-electron chi connectivity index (χ3n) is 5.23. The van der Waals surface area contributed by atoms with Gasteiger partial charge in [0, 0.05) is 30.8 Å². The molecule has 1 saturated heterocycles. The van der Waals surface area contributed by atoms with Gasteiger partial charge in [0.25, 0.3) is 0 Å². The molecule has 0 bridgehead atoms. The Morgan fingerprint density at radius 1 is 1.07 bits per heavy atom. The zero-order valence-electron chi connectivity index (χ0n) is 16.1. The number of amides is 1. The van der Waals surface area contributed by atoms with E-state index in [1.807, 2.05) is 36.1 Å². The summed E-state index contributed by atoms with van der Waals surface area (Å²) in [5.74, 6) is 1.68. The van der Waals surface area contributed by atoms with Crippen molar-refractivity contribution >= 4 is 23.0 Å². The van der Waals surface area contributed by atoms with Gasteiger partial charge in [-0.3, -0.25) is 9.59 Å². The fourth-order valence-electron chi connectivity index (χ4n) is 3.57. The minimum absolute atomic E-state index is 0.0795. The normalized spacial score (nSPS) is 15.0. The van der Waals surface area contributed by atoms with Gasteiger partial charge in [-0.1, -0.05) is 12.1 Å². The molecule has 1 amide bonds. The predicted octanol–water partition coefficient (Wildman–Crippen LogP) is 4.51. The van der Waals surface area contributed by atoms with Gasteiger partial charge in [0.1, 0.15) is 5.75 Å². The number of ketones is 1. The third kappa shape index (κ3) is 5.42. The van der Waals surface area contributed by atoms with Crippen LogP contribution in [-0.2, 0) is 11.2 Å². The first kappa shape index (κ1) is 19.6. The number of aryl methyl sites for hydroxylation is 1. The number of carbonyl (C=O) groups is 2. The Hall–Kier alpha value is -2.14. The maximum absolute atomic E-state index is 12.4. The van der Waals surface area contributed by atoms with E-state index in [0.717, 1.165) is 47.9 Å². The number of hydrogen-bond acceptors (Lipinski definition) is 4. The van der Waals surface area contributed by atoms with Gasteiger partial charge in [-0.05, 0) is 61.9 Å². The smallest absolute Gasteiger partial charge is 0.223 e. The predicted molar refractivity (Wildman–Crippen MR) is 109 cm³/mol. The van der Waals surface area contributed by atoms with Gasteiger partial charge >= 0.3 is 0 Å². The molecule has 0 unspecified atom stereocenters. The Labute approximate surface area is 165 Å². The number of nitrogens with zero attached hydrogens (tertiary/aromatic N) is 1. The Bertz CT molecular complexity index is 773. The van der Waals surface area contributed by atoms with Crippen LogP contribution in [0, 0.1) is 12.8 Å². The summed E-state index contributed by atoms with van der Waals surface area (Å²) in [6, 6.07) is 12.0. The van der Waals surface area contributed by atoms with E-state index >= 15 is 0 Å². The standard InChI is InChI=1S/C22H27NO3S/c1-16-3-9-21(27-16)20(24)8-10-22(25)23-13-11-18(12-14-23)15-17-4-6-19(26-2)7-5-17/h3-7,9,18H,8,10-15H2,1-2H3. The van der Waals surface area contributed by atoms with Crippen molar-refractivity contribution in [2.75, 3.05) is 20.2 Å². The van der Waals surface area contributed by atoms with Crippen molar-refractivity contribution in [2.45, 2.75) is 39.0 Å². The summed E-state index contributed by atoms with van der Waals surface area (Å²) in [5.41, 5.74) is 1.32. The van der Waals surface area contributed by atoms with Crippen molar-refractivity contribution in [1.29, 1.82) is 0 Å². The lowest BCUT2D eigenvalue weighted by molar-refractivity contribution is -0.132. The SMILES string of the molecule is COc1ccc(CC2CCN(C(=O)CCC(=O)c3ccc(C)s3)CC2)cc1. The molecule has 1 aliphatic rings. The van der Waals surface area contributed by atoms with E-state index in [-0.39, 0.29) is 11.7 Å². The summed E-state index contributed by atoms with van der Waals surface area (Å²) in [7, 11) is 1.68. The number of carbonyl (C=O) groups excluding carboxylic acids is 2. The third-order valence-corrected chi connectivity index (χ3v) is 6.27. The summed E-state index contributed by atoms with van der Waals surface area (Å²) in [4.78, 5) is 28.4. The maximum atomic E-state index is 12.4. The summed E-state index contributed by atoms with van der Waals surface area (Å²) >= 11 is 1.50. The van der Waals surface area contributed by atoms with Gasteiger partial charge in [0.05, 0.1) is 12.0 Å². The van der Waals surface area contributed by atoms with Crippen molar-refractivity contribution in [2.24, 2.45) is 5.92 Å². The first-order chi connectivity index (χ1) is 13.0. The molecule has 0 spiro atoms. The lowest BCUT2D eigenvalue weighted by Gasteiger charge is -2.32. The number of hydrogen-bond donors (Lipinski definition) is 0. The molecule has 27 heavy (non-hydrogen) atoms. The molecule has 0 N–H and O–H groups in total. The Kier molecular flexibility index (Phi) is 6.67. The van der Waals surface area contributed by atoms with Crippen LogP contribution >= 0.6 is 11.3 Å². The first-order valence-electron chi connectivity index (χ1n) is 9.55. The number of benzene rings is 1. The van der Waals surface area contributed by atoms with E-state index in [2.05, 4.69) is 12.1 Å². The fourth-order valence-corrected chi connectivity index (χ4v) is 4.40. The Morgan fingerprint density at radius 3 is 2.37 bits per heavy atom. The maximum Gasteiger partial charge on any atom is 0.223 e. The lowest BCUT2D eigenvalue weighted by atomic mass is 9.90. The highest BCUT2D eigenvalue weighted by atomic mass is 32.1. The second kappa shape index (κ2) is 9.18. The molecule has 0 radical (unpaired) electrons. The highest BCUT2D eigenvalue weighted by Crippen LogP contribution is 2.24. The summed E-state index contributed by atoms with van der Waals surface area (Å²) in [5, 5.41) is 0. The molecule has 1 fully saturated rings. The minimum Gasteiger partial charge on any atom is -0.497 e. The molecule has 2 aromatic rings. The van der Waals surface area contributed by atoms with Crippen LogP contribution in [0.2, 0.25) is 0 Å². The van der Waals surface area contributed by atoms with E-state index < -0.39 is 0 Å². The van der Waals surface area contributed by atoms with Gasteiger partial charge in [0.15, 0.2) is 5.78 Å². The number of piperidine rings is 1. The van der Waals surface area contributed by atoms with E-state index in [0.29, 0.717) is 18.8 Å². The zero-order chi connectivity index (χ0) is 19.2. The number of methoxy groups -OCH3 is 1. The van der Waals surface area contributed by atoms with E-state index in [1.54, 1.807) is 7.11 Å². The lowest BCUT2D eigenvalue weighted by Crippen LogP contribution is -2.39. The van der Waals surface area contributed by atoms with Crippen molar-refractivity contribution in [3.63, 3.8) is 0 Å². The molecule has 2 heterocycles. The Morgan fingerprint density at radius 2 is 1.78 bits per heavy atom. The largest absolute Gasteiger partial charge is 0.497 e. The number of likely N-dealkylation sites (tertiary alicyclic amines) is 1. The van der Waals surface area contributed by atoms with Crippen LogP contribution in [0.15, 0.2) is 36.4 Å². The number of thiophene rings is 1. The monoisotopic (exact) mass is 385 g/mol. The van der Waals surface area contributed by atoms with Crippen LogP contribution in [0.4, 0.5) is 0 Å². The highest BCUT2D eigenvalue weighted by molar-refractivity contribution is 7.14. The first-order valence-corrected chi connectivity index (χ1v) is 10.4. The molecule has 5 heteroatoms. The second-order valence-electron chi connectivity index (χ2n) is 7.21. The Balaban J connectivity index is 1.41. The van der Waals surface area contributed by atoms with Gasteiger partial charge in [-0.2, -0.15) is 0 Å². The molecule has 3 rings (SSSR count). The minimum atomic E-state index is 0.0795. The van der Waals surface area contributed by atoms with Crippen molar-refractivity contribution in [1.82, 2.24) is 4.90 Å². The molecule has 0 saturated carbocycles. The van der Waals surface area contributed by atoms with Crippen molar-refractivity contribution in [3.8, 4) is 5.75 Å². The van der Waals surface area contributed by atoms with Crippen LogP contribution in [0.3, 0.4) is 0 Å². The molecular weight excluding hydrogens is 358 g/mol. The molecule has 1 aromatic carbocycles. The molecule has 144 valence electrons. The topological polar surface area (TPSA) is 46.6 Å². The van der Waals surface area contributed by atoms with Crippen molar-refractivity contribution < 1.29 is 14.3 Å². The van der Waals surface area contributed by atoms with Crippen molar-refractivity contribution in [3.05, 3.63) is 51.7 Å². The number of Topliss-reactive ketones (excluding diaryl/α,β-unsaturated/α-hetero) is 1. The molecular formula is C22H27NO3S. The van der Waals surface area contributed by atoms with E-state index in [9.17, 15) is 9.59 Å². The van der Waals surface area contributed by atoms with Gasteiger partial charge in [0.2, 0.25) is 5.91 Å². The second-order valence-corrected chi connectivity index (χ2v) is 8.50. The van der Waals surface area contributed by atoms with Gasteiger partial charge in [-0.15, -0.1) is 11.3 Å². The quantitative estimate of drug-likeness (QED) is 0.659. The fraction of sp³-hybridized carbons (Fsp3) is 0.455. The van der Waals surface area contributed by atoms with Crippen LogP contribution in [0.5, 0.6) is 5.75 Å². The highest BCUT2D eigenvalue weighted by Gasteiger charge is 2.23. The molecule has 1 aromatic heterocycles. The van der Waals surface area contributed by atoms with Crippen LogP contribution < -0.4 is 4.74 Å². The number of ether oxygens (including phenoxy) is 1. The average Bonchev–Trinajstić information content (AvgIpc) is 3.13. The van der Waals surface area contributed by atoms with E-state index in [1.165, 1.54) is 16.9 Å². The van der Waals surface area contributed by atoms with Crippen LogP contribution in [0.25, 0.3) is 0 Å². The molecule has 0 aliphatic carbocycles. The molecule has 0 atom stereocenters. The number of rotatable bonds is 7. The average molecular weight is 386 g/mol. The summed E-state index contributed by atoms with van der Waals surface area (Å²) in [6.45, 7) is 3.58. The van der Waals surface area contributed by atoms with Gasteiger partial charge < -0.3 is 9.64 Å². The molecule has 1 aliphatic heterocycles. The van der Waals surface area contributed by atoms with Crippen LogP contribution in [0.1, 0.15) is 45.8 Å². The van der Waals surface area contributed by atoms with Gasteiger partial charge in [-0.25, -0.2) is 0 Å². The van der Waals surface area contributed by atoms with Crippen LogP contribution in [-0.4, -0.2) is 36.8 Å². The summed E-state index contributed by atoms with van der Waals surface area (Å²) in [6.07, 6.45) is 3.72. The zero-order valence-corrected chi connectivity index (χ0v) is 16.9. The molecule has 4 nitrogen and oxygen atoms in total. The summed E-state index contributed by atoms with van der Waals surface area (Å²) < 4.78 is 5.20.